The van der Waals surface area contributed by atoms with Gasteiger partial charge in [-0.05, 0) is 25.0 Å². The zero-order valence-corrected chi connectivity index (χ0v) is 12.7. The van der Waals surface area contributed by atoms with Crippen molar-refractivity contribution in [1.29, 1.82) is 0 Å². The van der Waals surface area contributed by atoms with Crippen LogP contribution in [0.2, 0.25) is 0 Å². The maximum atomic E-state index is 11.9. The third kappa shape index (κ3) is 3.81. The maximum absolute atomic E-state index is 11.9. The SMILES string of the molecule is CNC(=O)CCCCCN=C1NS(=O)(=O)c2ccccc21. The normalized spacial score (nSPS) is 17.3. The van der Waals surface area contributed by atoms with Crippen LogP contribution in [0.1, 0.15) is 31.2 Å². The lowest BCUT2D eigenvalue weighted by Crippen LogP contribution is -2.22. The minimum absolute atomic E-state index is 0.0406. The first-order valence-corrected chi connectivity index (χ1v) is 8.40. The average molecular weight is 309 g/mol. The highest BCUT2D eigenvalue weighted by atomic mass is 32.2. The Morgan fingerprint density at radius 1 is 1.24 bits per heavy atom. The number of aliphatic imine (C=N–C) groups is 1. The first-order valence-electron chi connectivity index (χ1n) is 6.92. The summed E-state index contributed by atoms with van der Waals surface area (Å²) in [6, 6.07) is 6.81. The highest BCUT2D eigenvalue weighted by molar-refractivity contribution is 7.90. The lowest BCUT2D eigenvalue weighted by molar-refractivity contribution is -0.120. The van der Waals surface area contributed by atoms with Crippen LogP contribution in [-0.4, -0.2) is 33.8 Å². The monoisotopic (exact) mass is 309 g/mol. The lowest BCUT2D eigenvalue weighted by Gasteiger charge is -2.00. The van der Waals surface area contributed by atoms with Crippen LogP contribution in [0.4, 0.5) is 0 Å². The largest absolute Gasteiger partial charge is 0.359 e. The molecule has 0 aromatic heterocycles. The number of unbranched alkanes of at least 4 members (excludes halogenated alkanes) is 2. The molecule has 1 aliphatic rings. The van der Waals surface area contributed by atoms with Gasteiger partial charge in [-0.25, -0.2) is 8.42 Å². The number of hydrogen-bond acceptors (Lipinski definition) is 4. The summed E-state index contributed by atoms with van der Waals surface area (Å²) in [5.74, 6) is 0.454. The first kappa shape index (κ1) is 15.5. The quantitative estimate of drug-likeness (QED) is 0.769. The van der Waals surface area contributed by atoms with Gasteiger partial charge in [0, 0.05) is 25.6 Å². The molecule has 0 unspecified atom stereocenters. The van der Waals surface area contributed by atoms with E-state index in [1.54, 1.807) is 31.3 Å². The van der Waals surface area contributed by atoms with Crippen LogP contribution in [-0.2, 0) is 14.8 Å². The lowest BCUT2D eigenvalue weighted by atomic mass is 10.2. The Kier molecular flexibility index (Phi) is 4.95. The molecular weight excluding hydrogens is 290 g/mol. The van der Waals surface area contributed by atoms with E-state index < -0.39 is 10.0 Å². The molecular formula is C14H19N3O3S. The van der Waals surface area contributed by atoms with Crippen molar-refractivity contribution < 1.29 is 13.2 Å². The Morgan fingerprint density at radius 2 is 2.00 bits per heavy atom. The van der Waals surface area contributed by atoms with E-state index in [-0.39, 0.29) is 10.8 Å². The van der Waals surface area contributed by atoms with Gasteiger partial charge in [-0.2, -0.15) is 0 Å². The standard InChI is InChI=1S/C14H19N3O3S/c1-15-13(18)9-3-2-6-10-16-14-11-7-4-5-8-12(11)21(19,20)17-14/h4-5,7-8H,2-3,6,9-10H2,1H3,(H,15,18)(H,16,17). The second-order valence-corrected chi connectivity index (χ2v) is 6.47. The highest BCUT2D eigenvalue weighted by Crippen LogP contribution is 2.22. The molecule has 0 radical (unpaired) electrons. The van der Waals surface area contributed by atoms with Crippen molar-refractivity contribution in [2.45, 2.75) is 30.6 Å². The number of rotatable bonds is 6. The first-order chi connectivity index (χ1) is 10.0. The van der Waals surface area contributed by atoms with Crippen LogP contribution in [0.25, 0.3) is 0 Å². The highest BCUT2D eigenvalue weighted by Gasteiger charge is 2.29. The molecule has 0 spiro atoms. The fraction of sp³-hybridized carbons (Fsp3) is 0.429. The summed E-state index contributed by atoms with van der Waals surface area (Å²) in [6.07, 6.45) is 3.04. The predicted molar refractivity (Wildman–Crippen MR) is 80.7 cm³/mol. The number of benzene rings is 1. The molecule has 1 heterocycles. The van der Waals surface area contributed by atoms with Crippen molar-refractivity contribution >= 4 is 21.8 Å². The summed E-state index contributed by atoms with van der Waals surface area (Å²) in [4.78, 5) is 15.7. The second kappa shape index (κ2) is 6.71. The summed E-state index contributed by atoms with van der Waals surface area (Å²) in [6.45, 7) is 0.542. The smallest absolute Gasteiger partial charge is 0.263 e. The summed E-state index contributed by atoms with van der Waals surface area (Å²) in [7, 11) is -1.83. The summed E-state index contributed by atoms with van der Waals surface area (Å²) < 4.78 is 26.2. The summed E-state index contributed by atoms with van der Waals surface area (Å²) in [5, 5.41) is 2.58. The van der Waals surface area contributed by atoms with Crippen LogP contribution in [0.5, 0.6) is 0 Å². The molecule has 1 aromatic carbocycles. The van der Waals surface area contributed by atoms with E-state index >= 15 is 0 Å². The maximum Gasteiger partial charge on any atom is 0.263 e. The fourth-order valence-electron chi connectivity index (χ4n) is 2.14. The number of hydrogen-bond donors (Lipinski definition) is 2. The predicted octanol–water partition coefficient (Wildman–Crippen LogP) is 1.03. The van der Waals surface area contributed by atoms with Gasteiger partial charge in [0.2, 0.25) is 5.91 Å². The molecule has 0 fully saturated rings. The van der Waals surface area contributed by atoms with E-state index in [0.29, 0.717) is 24.4 Å². The number of carbonyl (C=O) groups is 1. The van der Waals surface area contributed by atoms with E-state index in [4.69, 9.17) is 0 Å². The van der Waals surface area contributed by atoms with Crippen molar-refractivity contribution in [1.82, 2.24) is 10.0 Å². The van der Waals surface area contributed by atoms with Crippen LogP contribution < -0.4 is 10.0 Å². The van der Waals surface area contributed by atoms with E-state index in [0.717, 1.165) is 19.3 Å². The van der Waals surface area contributed by atoms with Crippen molar-refractivity contribution in [3.8, 4) is 0 Å². The molecule has 21 heavy (non-hydrogen) atoms. The van der Waals surface area contributed by atoms with Crippen LogP contribution in [0.3, 0.4) is 0 Å². The van der Waals surface area contributed by atoms with Gasteiger partial charge in [-0.3, -0.25) is 14.5 Å². The molecule has 1 amide bonds. The van der Waals surface area contributed by atoms with Gasteiger partial charge < -0.3 is 5.32 Å². The number of sulfonamides is 1. The Balaban J connectivity index is 1.88. The molecule has 7 heteroatoms. The topological polar surface area (TPSA) is 87.6 Å². The molecule has 0 aliphatic carbocycles. The van der Waals surface area contributed by atoms with E-state index in [2.05, 4.69) is 15.0 Å². The number of amidine groups is 1. The van der Waals surface area contributed by atoms with Gasteiger partial charge >= 0.3 is 0 Å². The fourth-order valence-corrected chi connectivity index (χ4v) is 3.39. The minimum atomic E-state index is -3.45. The Bertz CT molecular complexity index is 653. The average Bonchev–Trinajstić information content (AvgIpc) is 2.74. The molecule has 114 valence electrons. The van der Waals surface area contributed by atoms with Crippen LogP contribution in [0, 0.1) is 0 Å². The minimum Gasteiger partial charge on any atom is -0.359 e. The molecule has 0 saturated heterocycles. The van der Waals surface area contributed by atoms with Crippen molar-refractivity contribution in [3.63, 3.8) is 0 Å². The Hall–Kier alpha value is -1.89. The van der Waals surface area contributed by atoms with Gasteiger partial charge in [0.05, 0.1) is 4.90 Å². The summed E-state index contributed by atoms with van der Waals surface area (Å²) >= 11 is 0. The van der Waals surface area contributed by atoms with E-state index in [9.17, 15) is 13.2 Å². The van der Waals surface area contributed by atoms with Crippen molar-refractivity contribution in [3.05, 3.63) is 29.8 Å². The third-order valence-corrected chi connectivity index (χ3v) is 4.67. The molecule has 0 bridgehead atoms. The molecule has 2 rings (SSSR count). The zero-order chi connectivity index (χ0) is 15.3. The number of fused-ring (bicyclic) bond motifs is 1. The van der Waals surface area contributed by atoms with Crippen molar-refractivity contribution in [2.24, 2.45) is 4.99 Å². The molecule has 2 N–H and O–H groups in total. The second-order valence-electron chi connectivity index (χ2n) is 4.82. The Morgan fingerprint density at radius 3 is 2.76 bits per heavy atom. The van der Waals surface area contributed by atoms with Gasteiger partial charge in [-0.1, -0.05) is 18.6 Å². The van der Waals surface area contributed by atoms with Crippen LogP contribution >= 0.6 is 0 Å². The summed E-state index contributed by atoms with van der Waals surface area (Å²) in [5.41, 5.74) is 0.628. The van der Waals surface area contributed by atoms with Gasteiger partial charge in [-0.15, -0.1) is 0 Å². The van der Waals surface area contributed by atoms with Crippen LogP contribution in [0.15, 0.2) is 34.2 Å². The van der Waals surface area contributed by atoms with E-state index in [1.807, 2.05) is 0 Å². The zero-order valence-electron chi connectivity index (χ0n) is 11.9. The number of nitrogens with one attached hydrogen (secondary N) is 2. The number of amides is 1. The van der Waals surface area contributed by atoms with E-state index in [1.165, 1.54) is 0 Å². The molecule has 0 saturated carbocycles. The molecule has 1 aromatic rings. The number of nitrogens with zero attached hydrogens (tertiary/aromatic N) is 1. The Labute approximate surface area is 124 Å². The van der Waals surface area contributed by atoms with Gasteiger partial charge in [0.15, 0.2) is 0 Å². The van der Waals surface area contributed by atoms with Gasteiger partial charge in [0.25, 0.3) is 10.0 Å². The third-order valence-electron chi connectivity index (χ3n) is 3.27. The van der Waals surface area contributed by atoms with Crippen molar-refractivity contribution in [2.75, 3.05) is 13.6 Å². The molecule has 0 atom stereocenters. The van der Waals surface area contributed by atoms with Gasteiger partial charge in [0.1, 0.15) is 5.84 Å². The molecule has 6 nitrogen and oxygen atoms in total. The number of carbonyl (C=O) groups excluding carboxylic acids is 1. The molecule has 1 aliphatic heterocycles.